The molecule has 0 heterocycles. The molecule has 6 N–H and O–H groups in total. The predicted molar refractivity (Wildman–Crippen MR) is 159 cm³/mol. The fraction of sp³-hybridized carbons (Fsp3) is 0.226. The number of hydrogen-bond acceptors (Lipinski definition) is 9. The highest BCUT2D eigenvalue weighted by Crippen LogP contribution is 2.31. The van der Waals surface area contributed by atoms with Crippen molar-refractivity contribution in [2.24, 2.45) is 5.10 Å². The second kappa shape index (κ2) is 16.2. The van der Waals surface area contributed by atoms with E-state index in [2.05, 4.69) is 27.7 Å². The van der Waals surface area contributed by atoms with E-state index in [4.69, 9.17) is 9.47 Å². The molecule has 226 valence electrons. The van der Waals surface area contributed by atoms with Crippen LogP contribution in [0.15, 0.2) is 84.5 Å². The number of nitrogens with zero attached hydrogens (tertiary/aromatic N) is 1. The third kappa shape index (κ3) is 9.90. The number of aliphatic hydroxyl groups is 1. The van der Waals surface area contributed by atoms with Crippen molar-refractivity contribution in [1.29, 1.82) is 0 Å². The van der Waals surface area contributed by atoms with Gasteiger partial charge in [-0.1, -0.05) is 48.5 Å². The molecule has 3 amide bonds. The number of hydrogen-bond donors (Lipinski definition) is 6. The third-order valence-electron chi connectivity index (χ3n) is 6.16. The van der Waals surface area contributed by atoms with Crippen molar-refractivity contribution in [3.05, 3.63) is 102 Å². The van der Waals surface area contributed by atoms with Gasteiger partial charge in [0.05, 0.1) is 19.9 Å². The Hall–Kier alpha value is -5.36. The standard InChI is InChI=1S/C31H34N4O8/c1-3-7-23-14-22(16-27(42-2)28(23)38)17-32-35-30(40)25(15-20-10-12-24(37)13-11-20)33-29(39)26(18-36)34-31(41)43-19-21-8-5-4-6-9-21/h3-6,8-14,16-17,25-26,36-38H,1,7,15,18-19H2,2H3,(H,33,39)(H,34,41)(H,35,40)/b32-17-/t25-,26-/m0/s1. The Morgan fingerprint density at radius 2 is 1.67 bits per heavy atom. The van der Waals surface area contributed by atoms with Gasteiger partial charge < -0.3 is 35.4 Å². The average molecular weight is 591 g/mol. The fourth-order valence-electron chi connectivity index (χ4n) is 3.93. The minimum Gasteiger partial charge on any atom is -0.508 e. The molecule has 0 saturated carbocycles. The van der Waals surface area contributed by atoms with Crippen LogP contribution >= 0.6 is 0 Å². The summed E-state index contributed by atoms with van der Waals surface area (Å²) in [6.07, 6.45) is 2.40. The van der Waals surface area contributed by atoms with Gasteiger partial charge in [0.15, 0.2) is 11.5 Å². The van der Waals surface area contributed by atoms with Gasteiger partial charge in [-0.25, -0.2) is 10.2 Å². The molecule has 43 heavy (non-hydrogen) atoms. The Balaban J connectivity index is 1.70. The lowest BCUT2D eigenvalue weighted by Gasteiger charge is -2.21. The van der Waals surface area contributed by atoms with Crippen LogP contribution in [-0.4, -0.2) is 65.2 Å². The zero-order chi connectivity index (χ0) is 31.2. The Labute approximate surface area is 248 Å². The van der Waals surface area contributed by atoms with Gasteiger partial charge >= 0.3 is 6.09 Å². The number of alkyl carbamates (subject to hydrolysis) is 1. The van der Waals surface area contributed by atoms with Gasteiger partial charge in [-0.2, -0.15) is 5.10 Å². The van der Waals surface area contributed by atoms with Gasteiger partial charge in [0, 0.05) is 12.0 Å². The maximum Gasteiger partial charge on any atom is 0.408 e. The first-order valence-corrected chi connectivity index (χ1v) is 13.2. The zero-order valence-corrected chi connectivity index (χ0v) is 23.5. The molecule has 0 unspecified atom stereocenters. The molecule has 0 aromatic heterocycles. The van der Waals surface area contributed by atoms with E-state index in [0.717, 1.165) is 5.56 Å². The van der Waals surface area contributed by atoms with Crippen LogP contribution in [0.25, 0.3) is 0 Å². The minimum absolute atomic E-state index is 0.000487. The molecule has 0 aliphatic rings. The highest BCUT2D eigenvalue weighted by molar-refractivity contribution is 5.92. The highest BCUT2D eigenvalue weighted by Gasteiger charge is 2.27. The van der Waals surface area contributed by atoms with Crippen molar-refractivity contribution in [3.8, 4) is 17.2 Å². The van der Waals surface area contributed by atoms with E-state index in [0.29, 0.717) is 23.1 Å². The van der Waals surface area contributed by atoms with Crippen LogP contribution in [-0.2, 0) is 33.8 Å². The van der Waals surface area contributed by atoms with Crippen LogP contribution in [0.4, 0.5) is 4.79 Å². The summed E-state index contributed by atoms with van der Waals surface area (Å²) in [5.74, 6) is -1.32. The van der Waals surface area contributed by atoms with E-state index in [9.17, 15) is 29.7 Å². The number of carbonyl (C=O) groups is 3. The van der Waals surface area contributed by atoms with Crippen molar-refractivity contribution in [3.63, 3.8) is 0 Å². The smallest absolute Gasteiger partial charge is 0.408 e. The number of benzene rings is 3. The van der Waals surface area contributed by atoms with Crippen LogP contribution in [0.5, 0.6) is 17.2 Å². The molecular weight excluding hydrogens is 556 g/mol. The van der Waals surface area contributed by atoms with Crippen molar-refractivity contribution in [2.45, 2.75) is 31.5 Å². The summed E-state index contributed by atoms with van der Waals surface area (Å²) >= 11 is 0. The van der Waals surface area contributed by atoms with Crippen LogP contribution < -0.4 is 20.8 Å². The lowest BCUT2D eigenvalue weighted by Crippen LogP contribution is -2.55. The van der Waals surface area contributed by atoms with Gasteiger partial charge in [-0.05, 0) is 47.4 Å². The normalized spacial score (nSPS) is 12.1. The molecule has 0 saturated heterocycles. The lowest BCUT2D eigenvalue weighted by atomic mass is 10.0. The summed E-state index contributed by atoms with van der Waals surface area (Å²) in [5, 5.41) is 38.5. The van der Waals surface area contributed by atoms with Crippen LogP contribution in [0.3, 0.4) is 0 Å². The van der Waals surface area contributed by atoms with E-state index in [1.165, 1.54) is 31.5 Å². The van der Waals surface area contributed by atoms with E-state index >= 15 is 0 Å². The monoisotopic (exact) mass is 590 g/mol. The van der Waals surface area contributed by atoms with Crippen molar-refractivity contribution >= 4 is 24.1 Å². The predicted octanol–water partition coefficient (Wildman–Crippen LogP) is 2.30. The number of aliphatic hydroxyl groups excluding tert-OH is 1. The van der Waals surface area contributed by atoms with Crippen molar-refractivity contribution < 1.29 is 39.2 Å². The molecule has 0 fully saturated rings. The number of methoxy groups -OCH3 is 1. The van der Waals surface area contributed by atoms with E-state index in [1.54, 1.807) is 48.5 Å². The summed E-state index contributed by atoms with van der Waals surface area (Å²) in [7, 11) is 1.41. The molecule has 0 spiro atoms. The largest absolute Gasteiger partial charge is 0.508 e. The summed E-state index contributed by atoms with van der Waals surface area (Å²) < 4.78 is 10.3. The molecule has 12 heteroatoms. The zero-order valence-electron chi connectivity index (χ0n) is 23.5. The SMILES string of the molecule is C=CCc1cc(/C=N\NC(=O)[C@H](Cc2ccc(O)cc2)NC(=O)[C@H](CO)NC(=O)OCc2ccccc2)cc(OC)c1O. The summed E-state index contributed by atoms with van der Waals surface area (Å²) in [5.41, 5.74) is 4.78. The third-order valence-corrected chi connectivity index (χ3v) is 6.16. The quantitative estimate of drug-likeness (QED) is 0.0940. The Bertz CT molecular complexity index is 1430. The number of phenolic OH excluding ortho intramolecular Hbond substituents is 2. The highest BCUT2D eigenvalue weighted by atomic mass is 16.5. The molecule has 3 aromatic rings. The number of hydrazone groups is 1. The second-order valence-electron chi connectivity index (χ2n) is 9.33. The maximum absolute atomic E-state index is 13.1. The Morgan fingerprint density at radius 1 is 0.953 bits per heavy atom. The maximum atomic E-state index is 13.1. The van der Waals surface area contributed by atoms with E-state index in [-0.39, 0.29) is 30.3 Å². The minimum atomic E-state index is -1.41. The number of rotatable bonds is 14. The lowest BCUT2D eigenvalue weighted by molar-refractivity contribution is -0.130. The molecule has 0 aliphatic carbocycles. The topological polar surface area (TPSA) is 179 Å². The van der Waals surface area contributed by atoms with Crippen LogP contribution in [0, 0.1) is 0 Å². The molecule has 0 aliphatic heterocycles. The average Bonchev–Trinajstić information content (AvgIpc) is 3.01. The number of allylic oxidation sites excluding steroid dienone is 1. The molecule has 12 nitrogen and oxygen atoms in total. The molecule has 3 aromatic carbocycles. The van der Waals surface area contributed by atoms with Gasteiger partial charge in [-0.15, -0.1) is 6.58 Å². The van der Waals surface area contributed by atoms with Crippen molar-refractivity contribution in [1.82, 2.24) is 16.1 Å². The first kappa shape index (κ1) is 32.2. The first-order valence-electron chi connectivity index (χ1n) is 13.2. The fourth-order valence-corrected chi connectivity index (χ4v) is 3.93. The molecule has 2 atom stereocenters. The number of aromatic hydroxyl groups is 2. The summed E-state index contributed by atoms with van der Waals surface area (Å²) in [6.45, 7) is 2.87. The van der Waals surface area contributed by atoms with Crippen LogP contribution in [0.1, 0.15) is 22.3 Å². The van der Waals surface area contributed by atoms with Gasteiger partial charge in [0.1, 0.15) is 24.4 Å². The summed E-state index contributed by atoms with van der Waals surface area (Å²) in [6, 6.07) is 15.5. The number of phenols is 2. The van der Waals surface area contributed by atoms with Crippen LogP contribution in [0.2, 0.25) is 0 Å². The molecular formula is C31H34N4O8. The van der Waals surface area contributed by atoms with Gasteiger partial charge in [0.2, 0.25) is 5.91 Å². The number of nitrogens with one attached hydrogen (secondary N) is 3. The Kier molecular flexibility index (Phi) is 12.1. The van der Waals surface area contributed by atoms with E-state index in [1.807, 2.05) is 6.07 Å². The number of carbonyl (C=O) groups excluding carboxylic acids is 3. The van der Waals surface area contributed by atoms with Gasteiger partial charge in [0.25, 0.3) is 5.91 Å². The first-order chi connectivity index (χ1) is 20.7. The van der Waals surface area contributed by atoms with Gasteiger partial charge in [-0.3, -0.25) is 9.59 Å². The second-order valence-corrected chi connectivity index (χ2v) is 9.33. The molecule has 0 bridgehead atoms. The molecule has 0 radical (unpaired) electrons. The van der Waals surface area contributed by atoms with Crippen molar-refractivity contribution in [2.75, 3.05) is 13.7 Å². The molecule has 3 rings (SSSR count). The van der Waals surface area contributed by atoms with E-state index < -0.39 is 36.6 Å². The Morgan fingerprint density at radius 3 is 2.33 bits per heavy atom. The number of ether oxygens (including phenoxy) is 2. The number of amides is 3. The summed E-state index contributed by atoms with van der Waals surface area (Å²) in [4.78, 5) is 38.4.